The van der Waals surface area contributed by atoms with Gasteiger partial charge in [0.2, 0.25) is 15.9 Å². The van der Waals surface area contributed by atoms with Gasteiger partial charge in [0.05, 0.1) is 5.25 Å². The number of fused-ring (bicyclic) bond motifs is 1. The molecule has 2 saturated carbocycles. The molecule has 1 spiro atoms. The average Bonchev–Trinajstić information content (AvgIpc) is 3.51. The summed E-state index contributed by atoms with van der Waals surface area (Å²) in [4.78, 5) is 12.6. The van der Waals surface area contributed by atoms with Crippen molar-refractivity contribution in [2.75, 3.05) is 13.1 Å². The van der Waals surface area contributed by atoms with Gasteiger partial charge in [-0.3, -0.25) is 4.79 Å². The van der Waals surface area contributed by atoms with Crippen molar-refractivity contribution < 1.29 is 17.9 Å². The largest absolute Gasteiger partial charge is 0.487 e. The molecule has 158 valence electrons. The molecule has 7 heteroatoms. The molecule has 2 aliphatic heterocycles. The molecule has 2 heterocycles. The van der Waals surface area contributed by atoms with E-state index >= 15 is 0 Å². The minimum atomic E-state index is -3.13. The van der Waals surface area contributed by atoms with Crippen LogP contribution in [0.5, 0.6) is 5.75 Å². The van der Waals surface area contributed by atoms with Crippen LogP contribution in [-0.2, 0) is 14.8 Å². The minimum absolute atomic E-state index is 0.117. The summed E-state index contributed by atoms with van der Waals surface area (Å²) < 4.78 is 33.3. The van der Waals surface area contributed by atoms with Gasteiger partial charge in [-0.25, -0.2) is 12.7 Å². The first-order chi connectivity index (χ1) is 14.0. The summed E-state index contributed by atoms with van der Waals surface area (Å²) in [6.45, 7) is 1.03. The average molecular weight is 419 g/mol. The molecule has 2 aliphatic carbocycles. The topological polar surface area (TPSA) is 75.7 Å². The second-order valence-corrected chi connectivity index (χ2v) is 11.5. The standard InChI is InChI=1S/C22H30N2O4S/c25-21(23-17-4-3-5-17)14-16-15-22(28-20-7-2-1-6-19(16)20)10-12-24(13-11-22)29(26,27)18-8-9-18/h1-2,6-7,16-18H,3-5,8-15H2,(H,23,25). The van der Waals surface area contributed by atoms with Crippen molar-refractivity contribution in [2.24, 2.45) is 0 Å². The number of hydrogen-bond donors (Lipinski definition) is 1. The highest BCUT2D eigenvalue weighted by Crippen LogP contribution is 2.47. The van der Waals surface area contributed by atoms with Crippen molar-refractivity contribution >= 4 is 15.9 Å². The van der Waals surface area contributed by atoms with E-state index in [1.54, 1.807) is 4.31 Å². The summed E-state index contributed by atoms with van der Waals surface area (Å²) in [5, 5.41) is 3.01. The highest BCUT2D eigenvalue weighted by atomic mass is 32.2. The zero-order valence-corrected chi connectivity index (χ0v) is 17.6. The molecular weight excluding hydrogens is 388 g/mol. The molecule has 29 heavy (non-hydrogen) atoms. The number of amides is 1. The molecule has 0 aromatic heterocycles. The molecule has 1 saturated heterocycles. The number of sulfonamides is 1. The fraction of sp³-hybridized carbons (Fsp3) is 0.682. The molecule has 1 atom stereocenters. The Labute approximate surface area is 173 Å². The van der Waals surface area contributed by atoms with E-state index in [-0.39, 0.29) is 22.7 Å². The number of para-hydroxylation sites is 1. The van der Waals surface area contributed by atoms with Crippen LogP contribution in [0.1, 0.15) is 69.3 Å². The quantitative estimate of drug-likeness (QED) is 0.798. The fourth-order valence-corrected chi connectivity index (χ4v) is 6.87. The van der Waals surface area contributed by atoms with Gasteiger partial charge in [-0.15, -0.1) is 0 Å². The van der Waals surface area contributed by atoms with E-state index in [4.69, 9.17) is 4.74 Å². The van der Waals surface area contributed by atoms with Crippen LogP contribution in [0.3, 0.4) is 0 Å². The number of carbonyl (C=O) groups excluding carboxylic acids is 1. The summed E-state index contributed by atoms with van der Waals surface area (Å²) in [6, 6.07) is 8.37. The van der Waals surface area contributed by atoms with Crippen LogP contribution < -0.4 is 10.1 Å². The number of rotatable bonds is 5. The minimum Gasteiger partial charge on any atom is -0.487 e. The SMILES string of the molecule is O=C(CC1CC2(CCN(S(=O)(=O)C3CC3)CC2)Oc2ccccc21)NC1CCC1. The molecule has 1 N–H and O–H groups in total. The Morgan fingerprint density at radius 2 is 1.86 bits per heavy atom. The van der Waals surface area contributed by atoms with Crippen LogP contribution in [-0.4, -0.2) is 48.6 Å². The number of nitrogens with zero attached hydrogens (tertiary/aromatic N) is 1. The molecule has 5 rings (SSSR count). The zero-order valence-electron chi connectivity index (χ0n) is 16.8. The van der Waals surface area contributed by atoms with Crippen molar-refractivity contribution in [2.45, 2.75) is 80.6 Å². The van der Waals surface area contributed by atoms with Crippen molar-refractivity contribution in [3.05, 3.63) is 29.8 Å². The van der Waals surface area contributed by atoms with Gasteiger partial charge in [0, 0.05) is 44.3 Å². The molecule has 1 amide bonds. The maximum Gasteiger partial charge on any atom is 0.220 e. The highest BCUT2D eigenvalue weighted by Gasteiger charge is 2.48. The maximum atomic E-state index is 12.6. The van der Waals surface area contributed by atoms with Gasteiger partial charge in [0.1, 0.15) is 11.4 Å². The van der Waals surface area contributed by atoms with Crippen molar-refractivity contribution in [1.82, 2.24) is 9.62 Å². The Morgan fingerprint density at radius 3 is 2.52 bits per heavy atom. The fourth-order valence-electron chi connectivity index (χ4n) is 5.02. The first kappa shape index (κ1) is 19.4. The number of ether oxygens (including phenoxy) is 1. The molecule has 1 aromatic rings. The van der Waals surface area contributed by atoms with Gasteiger partial charge in [-0.05, 0) is 50.2 Å². The predicted molar refractivity (Wildman–Crippen MR) is 110 cm³/mol. The van der Waals surface area contributed by atoms with Gasteiger partial charge in [-0.1, -0.05) is 18.2 Å². The summed E-state index contributed by atoms with van der Waals surface area (Å²) in [5.41, 5.74) is 0.737. The van der Waals surface area contributed by atoms with Crippen LogP contribution >= 0.6 is 0 Å². The Kier molecular flexibility index (Phi) is 4.86. The van der Waals surface area contributed by atoms with Crippen molar-refractivity contribution in [3.8, 4) is 5.75 Å². The molecule has 0 radical (unpaired) electrons. The van der Waals surface area contributed by atoms with Crippen molar-refractivity contribution in [1.29, 1.82) is 0 Å². The number of benzene rings is 1. The maximum absolute atomic E-state index is 12.6. The molecule has 6 nitrogen and oxygen atoms in total. The smallest absolute Gasteiger partial charge is 0.220 e. The van der Waals surface area contributed by atoms with Crippen LogP contribution in [0, 0.1) is 0 Å². The van der Waals surface area contributed by atoms with Gasteiger partial charge < -0.3 is 10.1 Å². The second kappa shape index (κ2) is 7.27. The van der Waals surface area contributed by atoms with Crippen LogP contribution in [0.4, 0.5) is 0 Å². The third-order valence-electron chi connectivity index (χ3n) is 7.14. The van der Waals surface area contributed by atoms with Gasteiger partial charge in [0.25, 0.3) is 0 Å². The van der Waals surface area contributed by atoms with Gasteiger partial charge in [0.15, 0.2) is 0 Å². The second-order valence-electron chi connectivity index (χ2n) is 9.27. The lowest BCUT2D eigenvalue weighted by Gasteiger charge is -2.46. The number of carbonyl (C=O) groups is 1. The van der Waals surface area contributed by atoms with Gasteiger partial charge in [-0.2, -0.15) is 0 Å². The Morgan fingerprint density at radius 1 is 1.14 bits per heavy atom. The summed E-state index contributed by atoms with van der Waals surface area (Å²) >= 11 is 0. The first-order valence-electron chi connectivity index (χ1n) is 11.0. The molecule has 1 aromatic carbocycles. The molecule has 1 unspecified atom stereocenters. The molecule has 4 aliphatic rings. The van der Waals surface area contributed by atoms with Crippen molar-refractivity contribution in [3.63, 3.8) is 0 Å². The van der Waals surface area contributed by atoms with E-state index in [9.17, 15) is 13.2 Å². The van der Waals surface area contributed by atoms with E-state index in [2.05, 4.69) is 11.4 Å². The van der Waals surface area contributed by atoms with E-state index in [0.717, 1.165) is 43.4 Å². The number of hydrogen-bond acceptors (Lipinski definition) is 4. The van der Waals surface area contributed by atoms with Crippen LogP contribution in [0.2, 0.25) is 0 Å². The normalized spacial score (nSPS) is 27.0. The predicted octanol–water partition coefficient (Wildman–Crippen LogP) is 2.94. The van der Waals surface area contributed by atoms with E-state index in [1.165, 1.54) is 6.42 Å². The molecule has 3 fully saturated rings. The lowest BCUT2D eigenvalue weighted by molar-refractivity contribution is -0.123. The first-order valence-corrected chi connectivity index (χ1v) is 12.5. The lowest BCUT2D eigenvalue weighted by Crippen LogP contribution is -2.52. The Balaban J connectivity index is 1.31. The van der Waals surface area contributed by atoms with E-state index in [1.807, 2.05) is 18.2 Å². The zero-order chi connectivity index (χ0) is 20.1. The van der Waals surface area contributed by atoms with Crippen LogP contribution in [0.15, 0.2) is 24.3 Å². The number of piperidine rings is 1. The Bertz CT molecular complexity index is 884. The summed E-state index contributed by atoms with van der Waals surface area (Å²) in [5.74, 6) is 1.10. The van der Waals surface area contributed by atoms with Crippen LogP contribution in [0.25, 0.3) is 0 Å². The molecular formula is C22H30N2O4S. The third kappa shape index (κ3) is 3.79. The third-order valence-corrected chi connectivity index (χ3v) is 9.54. The monoisotopic (exact) mass is 418 g/mol. The number of nitrogens with one attached hydrogen (secondary N) is 1. The molecule has 0 bridgehead atoms. The van der Waals surface area contributed by atoms with E-state index < -0.39 is 10.0 Å². The van der Waals surface area contributed by atoms with E-state index in [0.29, 0.717) is 38.4 Å². The van der Waals surface area contributed by atoms with Gasteiger partial charge >= 0.3 is 0 Å². The summed E-state index contributed by atoms with van der Waals surface area (Å²) in [6.07, 6.45) is 7.60. The highest BCUT2D eigenvalue weighted by molar-refractivity contribution is 7.90. The Hall–Kier alpha value is -1.60. The lowest BCUT2D eigenvalue weighted by atomic mass is 9.76. The summed E-state index contributed by atoms with van der Waals surface area (Å²) in [7, 11) is -3.13.